The fourth-order valence-electron chi connectivity index (χ4n) is 4.56. The van der Waals surface area contributed by atoms with E-state index in [1.165, 1.54) is 22.0 Å². The molecule has 1 aliphatic heterocycles. The van der Waals surface area contributed by atoms with Crippen molar-refractivity contribution in [3.63, 3.8) is 0 Å². The van der Waals surface area contributed by atoms with Gasteiger partial charge >= 0.3 is 0 Å². The van der Waals surface area contributed by atoms with E-state index in [1.807, 2.05) is 18.2 Å². The second-order valence-electron chi connectivity index (χ2n) is 8.56. The SMILES string of the molecule is CC1(C)C(/C=C/c2ccccc2)=[N+](CCCCS(=O)(=O)[O-])c2ccc3ccccc3c21. The molecular weight excluding hydrogens is 406 g/mol. The van der Waals surface area contributed by atoms with Crippen LogP contribution in [0, 0.1) is 0 Å². The van der Waals surface area contributed by atoms with E-state index in [-0.39, 0.29) is 11.2 Å². The lowest BCUT2D eigenvalue weighted by molar-refractivity contribution is -0.438. The van der Waals surface area contributed by atoms with Crippen molar-refractivity contribution >= 4 is 38.4 Å². The molecule has 0 aliphatic carbocycles. The standard InChI is InChI=1S/C26H27NO3S/c1-26(2)24(17-14-20-10-4-3-5-11-20)27(18-8-9-19-31(28,29)30)23-16-15-21-12-6-7-13-22(21)25(23)26/h3-7,10-17H,8-9,18-19H2,1-2H3/b17-14+. The molecule has 0 spiro atoms. The van der Waals surface area contributed by atoms with Crippen LogP contribution in [-0.4, -0.2) is 35.6 Å². The second kappa shape index (κ2) is 8.40. The van der Waals surface area contributed by atoms with Gasteiger partial charge in [-0.25, -0.2) is 8.42 Å². The predicted octanol–water partition coefficient (Wildman–Crippen LogP) is 5.25. The van der Waals surface area contributed by atoms with Crippen LogP contribution in [0.3, 0.4) is 0 Å². The van der Waals surface area contributed by atoms with Gasteiger partial charge in [-0.3, -0.25) is 0 Å². The lowest BCUT2D eigenvalue weighted by atomic mass is 9.79. The van der Waals surface area contributed by atoms with Gasteiger partial charge in [0, 0.05) is 29.9 Å². The van der Waals surface area contributed by atoms with Gasteiger partial charge in [0.1, 0.15) is 6.54 Å². The highest BCUT2D eigenvalue weighted by atomic mass is 32.2. The monoisotopic (exact) mass is 433 g/mol. The molecule has 5 heteroatoms. The van der Waals surface area contributed by atoms with Crippen LogP contribution >= 0.6 is 0 Å². The Bertz CT molecular complexity index is 1270. The zero-order valence-electron chi connectivity index (χ0n) is 17.9. The van der Waals surface area contributed by atoms with Gasteiger partial charge in [0.05, 0.1) is 15.5 Å². The van der Waals surface area contributed by atoms with Crippen LogP contribution in [0.15, 0.2) is 72.8 Å². The summed E-state index contributed by atoms with van der Waals surface area (Å²) in [5.74, 6) is -0.315. The molecule has 0 saturated heterocycles. The largest absolute Gasteiger partial charge is 0.748 e. The lowest BCUT2D eigenvalue weighted by Crippen LogP contribution is -2.28. The first-order valence-electron chi connectivity index (χ1n) is 10.6. The summed E-state index contributed by atoms with van der Waals surface area (Å²) in [6.07, 6.45) is 5.29. The molecule has 4 nitrogen and oxygen atoms in total. The Morgan fingerprint density at radius 3 is 2.35 bits per heavy atom. The number of unbranched alkanes of at least 4 members (excludes halogenated alkanes) is 1. The molecule has 1 aliphatic rings. The summed E-state index contributed by atoms with van der Waals surface area (Å²) in [6, 6.07) is 22.9. The highest BCUT2D eigenvalue weighted by Gasteiger charge is 2.45. The van der Waals surface area contributed by atoms with E-state index in [1.54, 1.807) is 0 Å². The van der Waals surface area contributed by atoms with Gasteiger partial charge in [0.2, 0.25) is 5.69 Å². The zero-order valence-corrected chi connectivity index (χ0v) is 18.7. The first-order chi connectivity index (χ1) is 14.8. The van der Waals surface area contributed by atoms with Crippen molar-refractivity contribution in [3.05, 3.63) is 83.9 Å². The number of allylic oxidation sites excluding steroid dienone is 1. The smallest absolute Gasteiger partial charge is 0.210 e. The van der Waals surface area contributed by atoms with Gasteiger partial charge in [-0.05, 0) is 48.7 Å². The Kier molecular flexibility index (Phi) is 5.82. The Morgan fingerprint density at radius 2 is 1.61 bits per heavy atom. The van der Waals surface area contributed by atoms with Crippen molar-refractivity contribution in [2.24, 2.45) is 0 Å². The molecule has 0 aromatic heterocycles. The van der Waals surface area contributed by atoms with Crippen LogP contribution in [0.25, 0.3) is 16.8 Å². The summed E-state index contributed by atoms with van der Waals surface area (Å²) in [5, 5.41) is 2.44. The second-order valence-corrected chi connectivity index (χ2v) is 10.1. The molecule has 0 N–H and O–H groups in total. The topological polar surface area (TPSA) is 60.2 Å². The Hall–Kier alpha value is -2.76. The van der Waals surface area contributed by atoms with Gasteiger partial charge in [-0.15, -0.1) is 0 Å². The van der Waals surface area contributed by atoms with Crippen LogP contribution < -0.4 is 0 Å². The van der Waals surface area contributed by atoms with E-state index in [0.29, 0.717) is 19.4 Å². The van der Waals surface area contributed by atoms with Gasteiger partial charge in [0.25, 0.3) is 0 Å². The van der Waals surface area contributed by atoms with Crippen molar-refractivity contribution < 1.29 is 17.5 Å². The fraction of sp³-hybridized carbons (Fsp3) is 0.269. The minimum Gasteiger partial charge on any atom is -0.748 e. The average molecular weight is 434 g/mol. The lowest BCUT2D eigenvalue weighted by Gasteiger charge is -2.17. The van der Waals surface area contributed by atoms with Crippen LogP contribution in [0.4, 0.5) is 5.69 Å². The normalized spacial score (nSPS) is 15.7. The van der Waals surface area contributed by atoms with Crippen LogP contribution in [0.2, 0.25) is 0 Å². The molecule has 31 heavy (non-hydrogen) atoms. The molecule has 1 heterocycles. The Balaban J connectivity index is 1.77. The van der Waals surface area contributed by atoms with Gasteiger partial charge in [0.15, 0.2) is 5.71 Å². The van der Waals surface area contributed by atoms with Crippen molar-refractivity contribution in [3.8, 4) is 0 Å². The number of rotatable bonds is 7. The van der Waals surface area contributed by atoms with Crippen molar-refractivity contribution in [2.45, 2.75) is 32.1 Å². The zero-order chi connectivity index (χ0) is 22.1. The number of fused-ring (bicyclic) bond motifs is 3. The van der Waals surface area contributed by atoms with Crippen molar-refractivity contribution in [1.29, 1.82) is 0 Å². The molecular formula is C26H27NO3S. The van der Waals surface area contributed by atoms with Crippen molar-refractivity contribution in [1.82, 2.24) is 0 Å². The molecule has 0 saturated carbocycles. The molecule has 0 radical (unpaired) electrons. The van der Waals surface area contributed by atoms with E-state index in [4.69, 9.17) is 0 Å². The maximum atomic E-state index is 11.0. The highest BCUT2D eigenvalue weighted by molar-refractivity contribution is 7.85. The summed E-state index contributed by atoms with van der Waals surface area (Å²) in [6.45, 7) is 5.15. The maximum Gasteiger partial charge on any atom is 0.210 e. The van der Waals surface area contributed by atoms with E-state index in [0.717, 1.165) is 11.3 Å². The van der Waals surface area contributed by atoms with E-state index >= 15 is 0 Å². The molecule has 0 fully saturated rings. The number of hydrogen-bond donors (Lipinski definition) is 0. The van der Waals surface area contributed by atoms with Crippen molar-refractivity contribution in [2.75, 3.05) is 12.3 Å². The number of nitrogens with zero attached hydrogens (tertiary/aromatic N) is 1. The van der Waals surface area contributed by atoms with Crippen LogP contribution in [0.1, 0.15) is 37.8 Å². The average Bonchev–Trinajstić information content (AvgIpc) is 2.96. The van der Waals surface area contributed by atoms with Gasteiger partial charge in [-0.1, -0.05) is 54.6 Å². The number of hydrogen-bond acceptors (Lipinski definition) is 3. The first-order valence-corrected chi connectivity index (χ1v) is 12.2. The predicted molar refractivity (Wildman–Crippen MR) is 126 cm³/mol. The molecule has 0 unspecified atom stereocenters. The molecule has 0 bridgehead atoms. The number of benzene rings is 3. The molecule has 0 atom stereocenters. The Morgan fingerprint density at radius 1 is 0.903 bits per heavy atom. The van der Waals surface area contributed by atoms with E-state index in [9.17, 15) is 13.0 Å². The van der Waals surface area contributed by atoms with E-state index in [2.05, 4.69) is 79.1 Å². The molecule has 0 amide bonds. The van der Waals surface area contributed by atoms with E-state index < -0.39 is 10.1 Å². The summed E-state index contributed by atoms with van der Waals surface area (Å²) in [4.78, 5) is 0. The Labute approximate surface area is 184 Å². The fourth-order valence-corrected chi connectivity index (χ4v) is 5.12. The minimum absolute atomic E-state index is 0.216. The van der Waals surface area contributed by atoms with Crippen LogP contribution in [-0.2, 0) is 15.5 Å². The van der Waals surface area contributed by atoms with Gasteiger partial charge in [-0.2, -0.15) is 4.58 Å². The first kappa shape index (κ1) is 21.5. The maximum absolute atomic E-state index is 11.0. The molecule has 4 rings (SSSR count). The minimum atomic E-state index is -4.18. The summed E-state index contributed by atoms with van der Waals surface area (Å²) in [5.41, 5.74) is 4.53. The molecule has 3 aromatic rings. The molecule has 3 aromatic carbocycles. The summed E-state index contributed by atoms with van der Waals surface area (Å²) in [7, 11) is -4.18. The third-order valence-electron chi connectivity index (χ3n) is 6.01. The molecule has 160 valence electrons. The highest BCUT2D eigenvalue weighted by Crippen LogP contribution is 2.44. The van der Waals surface area contributed by atoms with Gasteiger partial charge < -0.3 is 4.55 Å². The van der Waals surface area contributed by atoms with Crippen LogP contribution in [0.5, 0.6) is 0 Å². The summed E-state index contributed by atoms with van der Waals surface area (Å²) < 4.78 is 35.3. The third kappa shape index (κ3) is 4.48. The summed E-state index contributed by atoms with van der Waals surface area (Å²) >= 11 is 0. The quantitative estimate of drug-likeness (QED) is 0.290. The third-order valence-corrected chi connectivity index (χ3v) is 6.80.